The van der Waals surface area contributed by atoms with Gasteiger partial charge in [0, 0.05) is 5.69 Å². The Morgan fingerprint density at radius 3 is 2.72 bits per heavy atom. The van der Waals surface area contributed by atoms with Crippen molar-refractivity contribution in [1.29, 1.82) is 5.26 Å². The topological polar surface area (TPSA) is 78.9 Å². The maximum absolute atomic E-state index is 11.7. The van der Waals surface area contributed by atoms with E-state index in [0.717, 1.165) is 11.3 Å². The van der Waals surface area contributed by atoms with Gasteiger partial charge in [0.25, 0.3) is 0 Å². The van der Waals surface area contributed by atoms with E-state index < -0.39 is 6.04 Å². The first-order valence-corrected chi connectivity index (χ1v) is 7.08. The first-order chi connectivity index (χ1) is 8.67. The van der Waals surface area contributed by atoms with E-state index >= 15 is 0 Å². The fourth-order valence-corrected chi connectivity index (χ4v) is 1.90. The summed E-state index contributed by atoms with van der Waals surface area (Å²) >= 11 is 1.67. The summed E-state index contributed by atoms with van der Waals surface area (Å²) in [5.41, 5.74) is 7.40. The molecule has 0 radical (unpaired) electrons. The lowest BCUT2D eigenvalue weighted by atomic mass is 10.1. The molecule has 18 heavy (non-hydrogen) atoms. The number of nitrogens with zero attached hydrogens (tertiary/aromatic N) is 1. The summed E-state index contributed by atoms with van der Waals surface area (Å²) in [4.78, 5) is 11.7. The highest BCUT2D eigenvalue weighted by Crippen LogP contribution is 2.10. The summed E-state index contributed by atoms with van der Waals surface area (Å²) in [6, 6.07) is 8.82. The van der Waals surface area contributed by atoms with Gasteiger partial charge in [0.15, 0.2) is 0 Å². The first-order valence-electron chi connectivity index (χ1n) is 5.68. The van der Waals surface area contributed by atoms with Crippen molar-refractivity contribution >= 4 is 23.4 Å². The van der Waals surface area contributed by atoms with Crippen molar-refractivity contribution in [1.82, 2.24) is 0 Å². The third kappa shape index (κ3) is 4.78. The lowest BCUT2D eigenvalue weighted by Gasteiger charge is -2.11. The SMILES string of the molecule is CSCC[C@@H](N)C(=O)Nc1ccc(CC#N)cc1. The molecular weight excluding hydrogens is 246 g/mol. The van der Waals surface area contributed by atoms with E-state index in [1.165, 1.54) is 0 Å². The maximum atomic E-state index is 11.7. The van der Waals surface area contributed by atoms with Gasteiger partial charge in [-0.1, -0.05) is 12.1 Å². The molecule has 5 heteroatoms. The minimum atomic E-state index is -0.476. The van der Waals surface area contributed by atoms with Crippen LogP contribution in [0.25, 0.3) is 0 Å². The predicted octanol–water partition coefficient (Wildman–Crippen LogP) is 1.77. The Labute approximate surface area is 112 Å². The molecule has 1 aromatic rings. The van der Waals surface area contributed by atoms with E-state index in [2.05, 4.69) is 11.4 Å². The van der Waals surface area contributed by atoms with Crippen molar-refractivity contribution in [3.05, 3.63) is 29.8 Å². The molecular formula is C13H17N3OS. The number of carbonyl (C=O) groups excluding carboxylic acids is 1. The Hall–Kier alpha value is -1.51. The standard InChI is InChI=1S/C13H17N3OS/c1-18-9-7-12(15)13(17)16-11-4-2-10(3-5-11)6-8-14/h2-5,12H,6-7,9,15H2,1H3,(H,16,17)/t12-/m1/s1. The number of amides is 1. The number of nitriles is 1. The third-order valence-corrected chi connectivity index (χ3v) is 3.12. The Kier molecular flexibility index (Phi) is 6.26. The fourth-order valence-electron chi connectivity index (χ4n) is 1.41. The van der Waals surface area contributed by atoms with Crippen LogP contribution in [0.2, 0.25) is 0 Å². The number of nitrogens with two attached hydrogens (primary N) is 1. The van der Waals surface area contributed by atoms with Crippen LogP contribution in [0, 0.1) is 11.3 Å². The molecule has 0 aliphatic heterocycles. The summed E-state index contributed by atoms with van der Waals surface area (Å²) < 4.78 is 0. The Bertz CT molecular complexity index is 425. The van der Waals surface area contributed by atoms with E-state index in [0.29, 0.717) is 18.5 Å². The minimum absolute atomic E-state index is 0.169. The number of thioether (sulfide) groups is 1. The highest BCUT2D eigenvalue weighted by molar-refractivity contribution is 7.98. The van der Waals surface area contributed by atoms with Crippen LogP contribution >= 0.6 is 11.8 Å². The normalized spacial score (nSPS) is 11.6. The van der Waals surface area contributed by atoms with E-state index in [1.807, 2.05) is 18.4 Å². The maximum Gasteiger partial charge on any atom is 0.241 e. The molecule has 96 valence electrons. The van der Waals surface area contributed by atoms with Gasteiger partial charge in [-0.3, -0.25) is 4.79 Å². The molecule has 4 nitrogen and oxygen atoms in total. The highest BCUT2D eigenvalue weighted by Gasteiger charge is 2.12. The lowest BCUT2D eigenvalue weighted by Crippen LogP contribution is -2.36. The van der Waals surface area contributed by atoms with Crippen LogP contribution in [-0.2, 0) is 11.2 Å². The van der Waals surface area contributed by atoms with Crippen molar-refractivity contribution in [3.63, 3.8) is 0 Å². The monoisotopic (exact) mass is 263 g/mol. The van der Waals surface area contributed by atoms with Crippen LogP contribution in [-0.4, -0.2) is 24.0 Å². The van der Waals surface area contributed by atoms with Gasteiger partial charge in [0.05, 0.1) is 18.5 Å². The molecule has 3 N–H and O–H groups in total. The number of benzene rings is 1. The number of rotatable bonds is 6. The molecule has 1 rings (SSSR count). The van der Waals surface area contributed by atoms with Crippen molar-refractivity contribution in [2.75, 3.05) is 17.3 Å². The predicted molar refractivity (Wildman–Crippen MR) is 75.4 cm³/mol. The van der Waals surface area contributed by atoms with Crippen molar-refractivity contribution in [2.24, 2.45) is 5.73 Å². The number of carbonyl (C=O) groups is 1. The molecule has 0 unspecified atom stereocenters. The van der Waals surface area contributed by atoms with E-state index in [-0.39, 0.29) is 5.91 Å². The second-order valence-electron chi connectivity index (χ2n) is 3.91. The van der Waals surface area contributed by atoms with Crippen molar-refractivity contribution in [3.8, 4) is 6.07 Å². The quantitative estimate of drug-likeness (QED) is 0.820. The molecule has 0 spiro atoms. The van der Waals surface area contributed by atoms with Crippen LogP contribution in [0.1, 0.15) is 12.0 Å². The molecule has 0 aliphatic rings. The molecule has 0 aliphatic carbocycles. The van der Waals surface area contributed by atoms with E-state index in [1.54, 1.807) is 23.9 Å². The Morgan fingerprint density at radius 2 is 2.17 bits per heavy atom. The van der Waals surface area contributed by atoms with Crippen molar-refractivity contribution in [2.45, 2.75) is 18.9 Å². The number of hydrogen-bond acceptors (Lipinski definition) is 4. The van der Waals surface area contributed by atoms with E-state index in [9.17, 15) is 4.79 Å². The zero-order chi connectivity index (χ0) is 13.4. The number of anilines is 1. The summed E-state index contributed by atoms with van der Waals surface area (Å²) in [6.45, 7) is 0. The van der Waals surface area contributed by atoms with Gasteiger partial charge in [0.2, 0.25) is 5.91 Å². The zero-order valence-corrected chi connectivity index (χ0v) is 11.2. The fraction of sp³-hybridized carbons (Fsp3) is 0.385. The number of hydrogen-bond donors (Lipinski definition) is 2. The second-order valence-corrected chi connectivity index (χ2v) is 4.89. The molecule has 0 bridgehead atoms. The Balaban J connectivity index is 2.51. The van der Waals surface area contributed by atoms with Gasteiger partial charge in [-0.2, -0.15) is 17.0 Å². The Morgan fingerprint density at radius 1 is 1.50 bits per heavy atom. The molecule has 0 aromatic heterocycles. The van der Waals surface area contributed by atoms with Crippen LogP contribution in [0.3, 0.4) is 0 Å². The van der Waals surface area contributed by atoms with Crippen LogP contribution in [0.4, 0.5) is 5.69 Å². The van der Waals surface area contributed by atoms with Gasteiger partial charge in [-0.15, -0.1) is 0 Å². The smallest absolute Gasteiger partial charge is 0.241 e. The molecule has 0 heterocycles. The summed E-state index contributed by atoms with van der Waals surface area (Å²) in [6.07, 6.45) is 3.03. The largest absolute Gasteiger partial charge is 0.325 e. The average Bonchev–Trinajstić information content (AvgIpc) is 2.38. The van der Waals surface area contributed by atoms with Gasteiger partial charge < -0.3 is 11.1 Å². The zero-order valence-electron chi connectivity index (χ0n) is 10.3. The summed E-state index contributed by atoms with van der Waals surface area (Å²) in [7, 11) is 0. The first kappa shape index (κ1) is 14.6. The molecule has 1 atom stereocenters. The summed E-state index contributed by atoms with van der Waals surface area (Å²) in [5.74, 6) is 0.701. The molecule has 1 amide bonds. The highest BCUT2D eigenvalue weighted by atomic mass is 32.2. The van der Waals surface area contributed by atoms with Gasteiger partial charge >= 0.3 is 0 Å². The van der Waals surface area contributed by atoms with Crippen molar-refractivity contribution < 1.29 is 4.79 Å². The molecule has 1 aromatic carbocycles. The average molecular weight is 263 g/mol. The van der Waals surface area contributed by atoms with Gasteiger partial charge in [-0.25, -0.2) is 0 Å². The van der Waals surface area contributed by atoms with Crippen LogP contribution in [0.5, 0.6) is 0 Å². The van der Waals surface area contributed by atoms with Crippen LogP contribution in [0.15, 0.2) is 24.3 Å². The van der Waals surface area contributed by atoms with Gasteiger partial charge in [0.1, 0.15) is 0 Å². The minimum Gasteiger partial charge on any atom is -0.325 e. The lowest BCUT2D eigenvalue weighted by molar-refractivity contribution is -0.117. The molecule has 0 fully saturated rings. The molecule has 0 saturated heterocycles. The third-order valence-electron chi connectivity index (χ3n) is 2.47. The second kappa shape index (κ2) is 7.75. The number of nitrogens with one attached hydrogen (secondary N) is 1. The van der Waals surface area contributed by atoms with E-state index in [4.69, 9.17) is 11.0 Å². The summed E-state index contributed by atoms with van der Waals surface area (Å²) in [5, 5.41) is 11.3. The van der Waals surface area contributed by atoms with Gasteiger partial charge in [-0.05, 0) is 36.1 Å². The van der Waals surface area contributed by atoms with Crippen LogP contribution < -0.4 is 11.1 Å². The molecule has 0 saturated carbocycles.